The Hall–Kier alpha value is -2.50. The third-order valence-electron chi connectivity index (χ3n) is 4.75. The highest BCUT2D eigenvalue weighted by atomic mass is 16.5. The highest BCUT2D eigenvalue weighted by Gasteiger charge is 2.24. The highest BCUT2D eigenvalue weighted by molar-refractivity contribution is 5.96. The molecule has 1 atom stereocenters. The fourth-order valence-electron chi connectivity index (χ4n) is 3.58. The van der Waals surface area contributed by atoms with Gasteiger partial charge in [0.15, 0.2) is 11.5 Å². The predicted octanol–water partition coefficient (Wildman–Crippen LogP) is 2.92. The summed E-state index contributed by atoms with van der Waals surface area (Å²) in [5.41, 5.74) is 4.55. The van der Waals surface area contributed by atoms with Crippen LogP contribution in [-0.2, 0) is 17.6 Å². The number of anilines is 1. The van der Waals surface area contributed by atoms with Crippen molar-refractivity contribution in [2.75, 3.05) is 32.6 Å². The summed E-state index contributed by atoms with van der Waals surface area (Å²) in [5, 5.41) is 7.18. The summed E-state index contributed by atoms with van der Waals surface area (Å²) in [5.74, 6) is 1.97. The van der Waals surface area contributed by atoms with Crippen molar-refractivity contribution in [2.24, 2.45) is 5.92 Å². The molecule has 0 spiro atoms. The number of nitrogens with zero attached hydrogens (tertiary/aromatic N) is 1. The monoisotopic (exact) mass is 357 g/mol. The van der Waals surface area contributed by atoms with E-state index in [1.807, 2.05) is 19.2 Å². The van der Waals surface area contributed by atoms with E-state index >= 15 is 0 Å². The van der Waals surface area contributed by atoms with Gasteiger partial charge in [-0.3, -0.25) is 9.78 Å². The minimum Gasteiger partial charge on any atom is -0.493 e. The van der Waals surface area contributed by atoms with Gasteiger partial charge in [0.2, 0.25) is 5.91 Å². The topological polar surface area (TPSA) is 72.5 Å². The van der Waals surface area contributed by atoms with Gasteiger partial charge in [-0.25, -0.2) is 0 Å². The number of methoxy groups -OCH3 is 1. The second-order valence-corrected chi connectivity index (χ2v) is 6.88. The van der Waals surface area contributed by atoms with Gasteiger partial charge in [-0.1, -0.05) is 6.92 Å². The largest absolute Gasteiger partial charge is 0.493 e. The van der Waals surface area contributed by atoms with E-state index in [2.05, 4.69) is 17.6 Å². The molecule has 0 saturated heterocycles. The lowest BCUT2D eigenvalue weighted by molar-refractivity contribution is -0.118. The molecule has 1 aliphatic rings. The van der Waals surface area contributed by atoms with Gasteiger partial charge < -0.3 is 20.1 Å². The second-order valence-electron chi connectivity index (χ2n) is 6.88. The summed E-state index contributed by atoms with van der Waals surface area (Å²) in [4.78, 5) is 15.8. The number of aromatic nitrogens is 1. The quantitative estimate of drug-likeness (QED) is 0.746. The summed E-state index contributed by atoms with van der Waals surface area (Å²) < 4.78 is 11.4. The van der Waals surface area contributed by atoms with Crippen molar-refractivity contribution in [3.8, 4) is 11.5 Å². The van der Waals surface area contributed by atoms with Crippen LogP contribution in [-0.4, -0.2) is 38.2 Å². The van der Waals surface area contributed by atoms with Crippen molar-refractivity contribution in [1.29, 1.82) is 0 Å². The van der Waals surface area contributed by atoms with Crippen LogP contribution in [0.5, 0.6) is 11.5 Å². The molecule has 2 aromatic rings. The van der Waals surface area contributed by atoms with Crippen LogP contribution in [0.3, 0.4) is 0 Å². The molecule has 1 aromatic carbocycles. The van der Waals surface area contributed by atoms with E-state index in [0.717, 1.165) is 35.9 Å². The molecule has 0 bridgehead atoms. The molecule has 1 aromatic heterocycles. The van der Waals surface area contributed by atoms with Crippen LogP contribution in [0, 0.1) is 5.92 Å². The number of hydrogen-bond donors (Lipinski definition) is 2. The Kier molecular flexibility index (Phi) is 5.49. The summed E-state index contributed by atoms with van der Waals surface area (Å²) in [6.45, 7) is 4.87. The number of carbonyl (C=O) groups is 1. The smallest absolute Gasteiger partial charge is 0.216 e. The number of benzene rings is 1. The van der Waals surface area contributed by atoms with Crippen LogP contribution in [0.15, 0.2) is 12.1 Å². The molecule has 1 aliphatic carbocycles. The average molecular weight is 357 g/mol. The third-order valence-corrected chi connectivity index (χ3v) is 4.75. The Morgan fingerprint density at radius 1 is 1.31 bits per heavy atom. The molecule has 0 fully saturated rings. The van der Waals surface area contributed by atoms with Crippen molar-refractivity contribution in [2.45, 2.75) is 33.1 Å². The minimum atomic E-state index is -0.0276. The molecule has 1 amide bonds. The first kappa shape index (κ1) is 18.3. The Bertz CT molecular complexity index is 820. The van der Waals surface area contributed by atoms with E-state index in [0.29, 0.717) is 30.6 Å². The Morgan fingerprint density at radius 2 is 2.12 bits per heavy atom. The molecule has 0 aliphatic heterocycles. The van der Waals surface area contributed by atoms with Gasteiger partial charge in [0.05, 0.1) is 19.2 Å². The molecular formula is C20H27N3O3. The van der Waals surface area contributed by atoms with E-state index in [1.165, 1.54) is 18.2 Å². The van der Waals surface area contributed by atoms with E-state index in [9.17, 15) is 4.79 Å². The van der Waals surface area contributed by atoms with E-state index in [4.69, 9.17) is 14.5 Å². The predicted molar refractivity (Wildman–Crippen MR) is 103 cm³/mol. The summed E-state index contributed by atoms with van der Waals surface area (Å²) in [6, 6.07) is 3.96. The molecular weight excluding hydrogens is 330 g/mol. The van der Waals surface area contributed by atoms with Crippen LogP contribution >= 0.6 is 0 Å². The van der Waals surface area contributed by atoms with Crippen molar-refractivity contribution in [3.63, 3.8) is 0 Å². The third kappa shape index (κ3) is 3.69. The van der Waals surface area contributed by atoms with Crippen molar-refractivity contribution in [3.05, 3.63) is 23.4 Å². The molecule has 2 N–H and O–H groups in total. The van der Waals surface area contributed by atoms with Crippen LogP contribution in [0.1, 0.15) is 31.5 Å². The maximum absolute atomic E-state index is 10.9. The maximum Gasteiger partial charge on any atom is 0.216 e. The van der Waals surface area contributed by atoms with E-state index in [1.54, 1.807) is 7.11 Å². The Morgan fingerprint density at radius 3 is 2.81 bits per heavy atom. The summed E-state index contributed by atoms with van der Waals surface area (Å²) in [7, 11) is 3.60. The SMILES string of the molecule is CNc1c2c(nc3cc(OCCCNC(C)=O)c(OC)cc13)CC(C)C2. The number of nitrogens with one attached hydrogen (secondary N) is 2. The molecule has 6 heteroatoms. The lowest BCUT2D eigenvalue weighted by Crippen LogP contribution is -2.22. The lowest BCUT2D eigenvalue weighted by atomic mass is 10.1. The zero-order valence-electron chi connectivity index (χ0n) is 15.9. The number of amides is 1. The second kappa shape index (κ2) is 7.81. The molecule has 3 rings (SSSR count). The van der Waals surface area contributed by atoms with Gasteiger partial charge in [-0.15, -0.1) is 0 Å². The average Bonchev–Trinajstić information content (AvgIpc) is 2.98. The molecule has 26 heavy (non-hydrogen) atoms. The molecule has 0 saturated carbocycles. The van der Waals surface area contributed by atoms with Crippen LogP contribution in [0.25, 0.3) is 10.9 Å². The molecule has 1 heterocycles. The van der Waals surface area contributed by atoms with E-state index in [-0.39, 0.29) is 5.91 Å². The summed E-state index contributed by atoms with van der Waals surface area (Å²) >= 11 is 0. The molecule has 0 radical (unpaired) electrons. The van der Waals surface area contributed by atoms with Gasteiger partial charge in [-0.05, 0) is 36.8 Å². The Balaban J connectivity index is 1.88. The first-order valence-corrected chi connectivity index (χ1v) is 9.12. The van der Waals surface area contributed by atoms with Gasteiger partial charge >= 0.3 is 0 Å². The number of ether oxygens (including phenoxy) is 2. The van der Waals surface area contributed by atoms with Gasteiger partial charge in [0.1, 0.15) is 0 Å². The van der Waals surface area contributed by atoms with Crippen LogP contribution in [0.2, 0.25) is 0 Å². The van der Waals surface area contributed by atoms with Crippen LogP contribution < -0.4 is 20.1 Å². The maximum atomic E-state index is 10.9. The summed E-state index contributed by atoms with van der Waals surface area (Å²) in [6.07, 6.45) is 2.80. The van der Waals surface area contributed by atoms with Crippen molar-refractivity contribution >= 4 is 22.5 Å². The molecule has 6 nitrogen and oxygen atoms in total. The number of hydrogen-bond acceptors (Lipinski definition) is 5. The highest BCUT2D eigenvalue weighted by Crippen LogP contribution is 2.40. The zero-order valence-corrected chi connectivity index (χ0v) is 15.9. The van der Waals surface area contributed by atoms with Crippen LogP contribution in [0.4, 0.5) is 5.69 Å². The number of pyridine rings is 1. The fraction of sp³-hybridized carbons (Fsp3) is 0.500. The number of carbonyl (C=O) groups excluding carboxylic acids is 1. The standard InChI is InChI=1S/C20H27N3O3/c1-12-8-14-16(9-12)23-17-11-19(26-7-5-6-22-13(2)24)18(25-4)10-15(17)20(14)21-3/h10-12H,5-9H2,1-4H3,(H,21,23)(H,22,24). The first-order chi connectivity index (χ1) is 12.5. The normalized spacial score (nSPS) is 15.6. The molecule has 1 unspecified atom stereocenters. The number of fused-ring (bicyclic) bond motifs is 2. The van der Waals surface area contributed by atoms with Gasteiger partial charge in [0, 0.05) is 43.4 Å². The molecule has 140 valence electrons. The van der Waals surface area contributed by atoms with E-state index < -0.39 is 0 Å². The lowest BCUT2D eigenvalue weighted by Gasteiger charge is -2.16. The zero-order chi connectivity index (χ0) is 18.7. The first-order valence-electron chi connectivity index (χ1n) is 9.12. The van der Waals surface area contributed by atoms with Gasteiger partial charge in [0.25, 0.3) is 0 Å². The fourth-order valence-corrected chi connectivity index (χ4v) is 3.58. The minimum absolute atomic E-state index is 0.0276. The van der Waals surface area contributed by atoms with Crippen molar-refractivity contribution < 1.29 is 14.3 Å². The van der Waals surface area contributed by atoms with Crippen molar-refractivity contribution in [1.82, 2.24) is 10.3 Å². The number of rotatable bonds is 7. The Labute approximate surface area is 154 Å². The van der Waals surface area contributed by atoms with Gasteiger partial charge in [-0.2, -0.15) is 0 Å².